The first-order valence-electron chi connectivity index (χ1n) is 47.8. The number of benzene rings is 9. The van der Waals surface area contributed by atoms with Gasteiger partial charge in [0.25, 0.3) is 0 Å². The molecule has 9 aromatic carbocycles. The number of imidazole rings is 2. The number of rotatable bonds is 45. The minimum atomic E-state index is -4.17. The molecule has 0 amide bonds. The molecular formula is C108H150N9O8S3+. The van der Waals surface area contributed by atoms with Crippen molar-refractivity contribution >= 4 is 54.1 Å². The molecule has 3 N–H and O–H groups in total. The van der Waals surface area contributed by atoms with Crippen LogP contribution in [0.15, 0.2) is 282 Å². The molecule has 0 bridgehead atoms. The zero-order valence-electron chi connectivity index (χ0n) is 78.2. The monoisotopic (exact) mass is 1800 g/mol. The molecule has 11 aromatic rings. The van der Waals surface area contributed by atoms with Gasteiger partial charge >= 0.3 is 11.9 Å². The number of piperazine rings is 1. The number of nitrogens with one attached hydrogen (secondary N) is 2. The molecule has 128 heavy (non-hydrogen) atoms. The molecule has 0 saturated carbocycles. The third-order valence-electron chi connectivity index (χ3n) is 22.9. The van der Waals surface area contributed by atoms with E-state index in [-0.39, 0.29) is 36.0 Å². The first-order chi connectivity index (χ1) is 62.4. The number of unbranched alkanes of at least 4 members (excludes halogenated alkanes) is 19. The van der Waals surface area contributed by atoms with Crippen molar-refractivity contribution in [1.29, 1.82) is 0 Å². The lowest BCUT2D eigenvalue weighted by Gasteiger charge is -2.39. The first kappa shape index (κ1) is 106. The first-order valence-corrected chi connectivity index (χ1v) is 52.2. The Morgan fingerprint density at radius 3 is 1.13 bits per heavy atom. The van der Waals surface area contributed by atoms with Crippen molar-refractivity contribution in [3.63, 3.8) is 0 Å². The predicted octanol–water partition coefficient (Wildman–Crippen LogP) is 26.7. The summed E-state index contributed by atoms with van der Waals surface area (Å²) < 4.78 is 55.6. The fraction of sp³-hybridized carbons (Fsp3) is 0.444. The number of hydrogen-bond acceptors (Lipinski definition) is 11. The maximum atomic E-state index is 11.8. The van der Waals surface area contributed by atoms with Crippen LogP contribution in [0.1, 0.15) is 232 Å². The number of aromatic amines is 2. The zero-order chi connectivity index (χ0) is 91.6. The van der Waals surface area contributed by atoms with Crippen molar-refractivity contribution in [3.8, 4) is 45.3 Å². The molecular weight excluding hydrogens is 1650 g/mol. The Bertz CT molecular complexity index is 4680. The quantitative estimate of drug-likeness (QED) is 0.0141. The van der Waals surface area contributed by atoms with E-state index in [0.29, 0.717) is 31.7 Å². The van der Waals surface area contributed by atoms with E-state index in [4.69, 9.17) is 14.8 Å². The van der Waals surface area contributed by atoms with Crippen LogP contribution < -0.4 is 0 Å². The number of hydrogen-bond donors (Lipinski definition) is 3. The van der Waals surface area contributed by atoms with Crippen LogP contribution in [-0.4, -0.2) is 163 Å². The minimum absolute atomic E-state index is 0.0146. The Labute approximate surface area is 773 Å². The van der Waals surface area contributed by atoms with E-state index in [1.54, 1.807) is 30.3 Å². The fourth-order valence-corrected chi connectivity index (χ4v) is 20.2. The second-order valence-electron chi connectivity index (χ2n) is 33.3. The number of sulfonamides is 1. The van der Waals surface area contributed by atoms with Crippen molar-refractivity contribution in [2.75, 3.05) is 84.9 Å². The van der Waals surface area contributed by atoms with Gasteiger partial charge in [-0.2, -0.15) is 0 Å². The number of aromatic carboxylic acids is 1. The van der Waals surface area contributed by atoms with Crippen LogP contribution in [-0.2, 0) is 40.7 Å². The molecule has 2 aliphatic heterocycles. The van der Waals surface area contributed by atoms with E-state index in [9.17, 15) is 26.4 Å². The number of carbonyl (C=O) groups is 2. The van der Waals surface area contributed by atoms with Gasteiger partial charge in [0.2, 0.25) is 0 Å². The standard InChI is InChI=1S/C24H51N.C21H16N2.C18H15S.C16H36N.C13H10N2.C9H16N3O6S2.C7H6O2/c1-4-7-10-13-16-19-22-25(23-20-17-14-11-8-5-2)24-21-18-15-12-9-6-3;1-4-10-16(11-5-1)19-20(17-12-6-2-7-13-17)23-21(22-19)18-14-8-3-9-15-18;1-4-10-16(11-5-1)19(17-12-6-2-7-13-17)18-14-8-3-9-15-18;1-5-9-13-17(14-10-6-2,15-11-7-3)16-12-8-4;1-2-6-10(7-3-1)13-14-11-8-4-5-9-12(11)15-13;1-19(14,15)10-20(16,17)12-5-3-11(4-6-12)8-2-7-18-9(8)13;8-7(9)6-4-2-1-3-5-6/h4-24H2,1-3H3;1-15H,(H,22,23);1-15H;5-16H2,1-4H3;1-9H,(H,14,15);8H,2-7H2,1H3;1-5H,(H,8,9)/q;;2*+1;;-1;. The Morgan fingerprint density at radius 2 is 0.773 bits per heavy atom. The third-order valence-corrected chi connectivity index (χ3v) is 27.9. The van der Waals surface area contributed by atoms with E-state index in [1.807, 2.05) is 102 Å². The van der Waals surface area contributed by atoms with Gasteiger partial charge in [0.1, 0.15) is 27.9 Å². The number of cyclic esters (lactones) is 1. The number of carbonyl (C=O) groups excluding carboxylic acids is 1. The van der Waals surface area contributed by atoms with E-state index >= 15 is 0 Å². The van der Waals surface area contributed by atoms with Crippen LogP contribution in [0, 0.1) is 0 Å². The van der Waals surface area contributed by atoms with Crippen molar-refractivity contribution < 1.29 is 40.8 Å². The van der Waals surface area contributed by atoms with Crippen molar-refractivity contribution in [2.24, 2.45) is 0 Å². The molecule has 0 aliphatic carbocycles. The zero-order valence-corrected chi connectivity index (χ0v) is 80.7. The third kappa shape index (κ3) is 39.9. The number of fused-ring (bicyclic) bond motifs is 1. The number of quaternary nitrogens is 1. The Balaban J connectivity index is 0.000000207. The van der Waals surface area contributed by atoms with Crippen LogP contribution in [0.2, 0.25) is 0 Å². The van der Waals surface area contributed by atoms with Crippen LogP contribution >= 0.6 is 0 Å². The minimum Gasteiger partial charge on any atom is -0.478 e. The van der Waals surface area contributed by atoms with E-state index in [2.05, 4.69) is 212 Å². The summed E-state index contributed by atoms with van der Waals surface area (Å²) in [4.78, 5) is 46.6. The lowest BCUT2D eigenvalue weighted by atomic mass is 10.1. The SMILES string of the molecule is CCCCCCCCN(CCCCCCCC)CCCCCCCC.CCCC[N+](CCCC)(CCCC)CCCC.CS(=O)(=O)[N-]S(=O)(=O)N1CCN(C2CCOC2=O)CC1.O=C(O)c1ccccc1.c1ccc(-c2nc(-c3ccccc3)c(-c3ccccc3)[nH]2)cc1.c1ccc(-c2nc3ccccc3[nH]2)cc1.c1ccc([S+](c2ccccc2)c2ccccc2)cc1. The van der Waals surface area contributed by atoms with E-state index < -0.39 is 26.2 Å². The van der Waals surface area contributed by atoms with Gasteiger partial charge < -0.3 is 33.3 Å². The highest BCUT2D eigenvalue weighted by atomic mass is 32.3. The highest BCUT2D eigenvalue weighted by Gasteiger charge is 2.36. The second-order valence-corrected chi connectivity index (χ2v) is 38.8. The number of carboxylic acids is 1. The normalized spacial score (nSPS) is 13.4. The van der Waals surface area contributed by atoms with Gasteiger partial charge in [-0.3, -0.25) is 9.69 Å². The maximum absolute atomic E-state index is 11.8. The summed E-state index contributed by atoms with van der Waals surface area (Å²) in [6, 6.07) is 89.2. The van der Waals surface area contributed by atoms with E-state index in [0.717, 1.165) is 66.9 Å². The van der Waals surface area contributed by atoms with Crippen LogP contribution in [0.4, 0.5) is 0 Å². The molecule has 2 aromatic heterocycles. The summed E-state index contributed by atoms with van der Waals surface area (Å²) in [6.07, 6.45) is 38.1. The smallest absolute Gasteiger partial charge is 0.335 e. The highest BCUT2D eigenvalue weighted by molar-refractivity contribution is 8.10. The Morgan fingerprint density at radius 1 is 0.430 bits per heavy atom. The predicted molar refractivity (Wildman–Crippen MR) is 537 cm³/mol. The van der Waals surface area contributed by atoms with Crippen LogP contribution in [0.25, 0.3) is 60.5 Å². The van der Waals surface area contributed by atoms with Gasteiger partial charge in [-0.1, -0.05) is 377 Å². The summed E-state index contributed by atoms with van der Waals surface area (Å²) in [5, 5.41) is 8.38. The molecule has 2 aliphatic rings. The number of esters is 1. The molecule has 2 fully saturated rings. The summed E-state index contributed by atoms with van der Waals surface area (Å²) in [5.74, 6) is 0.651. The largest absolute Gasteiger partial charge is 0.478 e. The summed E-state index contributed by atoms with van der Waals surface area (Å²) >= 11 is 0. The molecule has 0 spiro atoms. The number of nitrogens with zero attached hydrogens (tertiary/aromatic N) is 7. The number of H-pyrrole nitrogens is 2. The molecule has 0 radical (unpaired) electrons. The van der Waals surface area contributed by atoms with Crippen molar-refractivity contribution in [2.45, 2.75) is 243 Å². The number of aromatic nitrogens is 4. The average Bonchev–Trinajstić information content (AvgIpc) is 1.52. The molecule has 2 saturated heterocycles. The molecule has 4 heterocycles. The Kier molecular flexibility index (Phi) is 51.2. The average molecular weight is 1800 g/mol. The van der Waals surface area contributed by atoms with Gasteiger partial charge in [-0.25, -0.2) is 35.9 Å². The van der Waals surface area contributed by atoms with Gasteiger partial charge in [0.05, 0.1) is 81.7 Å². The van der Waals surface area contributed by atoms with E-state index in [1.165, 1.54) is 232 Å². The topological polar surface area (TPSA) is 213 Å². The number of carboxylic acid groups (broad SMARTS) is 1. The fourth-order valence-electron chi connectivity index (χ4n) is 15.7. The maximum Gasteiger partial charge on any atom is 0.335 e. The van der Waals surface area contributed by atoms with Crippen molar-refractivity contribution in [1.82, 2.24) is 34.0 Å². The molecule has 1 atom stereocenters. The number of ether oxygens (including phenoxy) is 1. The second kappa shape index (κ2) is 62.0. The lowest BCUT2D eigenvalue weighted by Crippen LogP contribution is -2.52. The van der Waals surface area contributed by atoms with Crippen molar-refractivity contribution in [3.05, 3.63) is 277 Å². The lowest BCUT2D eigenvalue weighted by molar-refractivity contribution is -0.929. The molecule has 20 heteroatoms. The van der Waals surface area contributed by atoms with Gasteiger partial charge in [0.15, 0.2) is 14.7 Å². The van der Waals surface area contributed by atoms with Crippen LogP contribution in [0.3, 0.4) is 0 Å². The summed E-state index contributed by atoms with van der Waals surface area (Å²) in [7, 11) is -8.15. The number of para-hydroxylation sites is 2. The summed E-state index contributed by atoms with van der Waals surface area (Å²) in [6.45, 7) is 27.3. The summed E-state index contributed by atoms with van der Waals surface area (Å²) in [5.41, 5.74) is 8.92. The van der Waals surface area contributed by atoms with Gasteiger partial charge in [-0.15, -0.1) is 0 Å². The Hall–Kier alpha value is -9.35. The molecule has 17 nitrogen and oxygen atoms in total. The highest BCUT2D eigenvalue weighted by Crippen LogP contribution is 2.34. The van der Waals surface area contributed by atoms with Crippen LogP contribution in [0.5, 0.6) is 0 Å². The molecule has 692 valence electrons. The molecule has 13 rings (SSSR count). The van der Waals surface area contributed by atoms with Gasteiger partial charge in [0, 0.05) is 61.1 Å². The molecule has 1 unspecified atom stereocenters. The van der Waals surface area contributed by atoms with Gasteiger partial charge in [-0.05, 0) is 125 Å².